The Balaban J connectivity index is 1.26. The maximum absolute atomic E-state index is 11.4. The number of nitrogens with one attached hydrogen (secondary N) is 1. The number of thioether (sulfide) groups is 1. The molecular formula is C22H24N10O3S2. The Morgan fingerprint density at radius 3 is 2.84 bits per heavy atom. The van der Waals surface area contributed by atoms with E-state index in [-0.39, 0.29) is 18.1 Å². The first-order chi connectivity index (χ1) is 18.0. The second kappa shape index (κ2) is 9.89. The molecule has 1 amide bonds. The van der Waals surface area contributed by atoms with Crippen LogP contribution < -0.4 is 5.32 Å². The Hall–Kier alpha value is -3.27. The third-order valence-corrected chi connectivity index (χ3v) is 7.59. The van der Waals surface area contributed by atoms with Gasteiger partial charge < -0.3 is 19.4 Å². The highest BCUT2D eigenvalue weighted by atomic mass is 32.2. The Morgan fingerprint density at radius 1 is 1.24 bits per heavy atom. The van der Waals surface area contributed by atoms with Crippen LogP contribution in [0.2, 0.25) is 0 Å². The molecule has 3 saturated heterocycles. The Kier molecular flexibility index (Phi) is 6.44. The minimum absolute atomic E-state index is 0.0873. The number of hydrogen-bond donors (Lipinski definition) is 1. The summed E-state index contributed by atoms with van der Waals surface area (Å²) < 4.78 is 16.2. The Bertz CT molecular complexity index is 1460. The molecule has 2 aromatic heterocycles. The van der Waals surface area contributed by atoms with E-state index in [9.17, 15) is 4.79 Å². The number of tetrazole rings is 1. The molecule has 6 rings (SSSR count). The molecule has 13 nitrogen and oxygen atoms in total. The maximum Gasteiger partial charge on any atom is 0.236 e. The van der Waals surface area contributed by atoms with Crippen LogP contribution in [0.3, 0.4) is 0 Å². The molecule has 3 aliphatic rings. The second-order valence-electron chi connectivity index (χ2n) is 8.84. The summed E-state index contributed by atoms with van der Waals surface area (Å²) in [6.07, 6.45) is -0.262. The molecule has 1 aromatic carbocycles. The summed E-state index contributed by atoms with van der Waals surface area (Å²) in [5.74, 6) is 1.51. The lowest BCUT2D eigenvalue weighted by Crippen LogP contribution is -2.37. The molecule has 37 heavy (non-hydrogen) atoms. The van der Waals surface area contributed by atoms with Gasteiger partial charge in [0.1, 0.15) is 12.6 Å². The molecule has 192 valence electrons. The second-order valence-corrected chi connectivity index (χ2v) is 10.2. The van der Waals surface area contributed by atoms with Gasteiger partial charge in [-0.25, -0.2) is 4.68 Å². The summed E-state index contributed by atoms with van der Waals surface area (Å²) in [4.78, 5) is 13.0. The molecule has 0 saturated carbocycles. The van der Waals surface area contributed by atoms with Crippen LogP contribution in [0.25, 0.3) is 11.4 Å². The lowest BCUT2D eigenvalue weighted by atomic mass is 10.0. The third kappa shape index (κ3) is 4.74. The number of aryl methyl sites for hydroxylation is 1. The highest BCUT2D eigenvalue weighted by Crippen LogP contribution is 2.34. The van der Waals surface area contributed by atoms with E-state index in [0.29, 0.717) is 59.2 Å². The largest absolute Gasteiger partial charge is 0.344 e. The van der Waals surface area contributed by atoms with Gasteiger partial charge in [-0.2, -0.15) is 15.0 Å². The van der Waals surface area contributed by atoms with E-state index >= 15 is 0 Å². The van der Waals surface area contributed by atoms with Gasteiger partial charge in [0.25, 0.3) is 0 Å². The number of nitrogens with zero attached hydrogens (tertiary/aromatic N) is 9. The average Bonchev–Trinajstić information content (AvgIpc) is 3.68. The van der Waals surface area contributed by atoms with Crippen LogP contribution in [0.4, 0.5) is 0 Å². The van der Waals surface area contributed by atoms with Crippen LogP contribution in [0.1, 0.15) is 30.8 Å². The molecule has 1 N–H and O–H groups in total. The minimum atomic E-state index is -0.561. The standard InChI is InChI=1S/C22H24N10O3S2/c1-3-30-17(9-31-28-19(25-29-31)13-6-4-12(2)5-7-13)27-32(22(30)36)15-8-14(20-34-10-16(15)35-20)24-26-21-23-18(33)11-37-21/h4-7,15-16,20H,3,8-11H2,1-2H3,(H,23,26,33)/b24-14-/t15-,16+,20+/m1/s1. The zero-order chi connectivity index (χ0) is 25.5. The molecular weight excluding hydrogens is 516 g/mol. The van der Waals surface area contributed by atoms with Crippen LogP contribution >= 0.6 is 24.0 Å². The maximum atomic E-state index is 11.4. The lowest BCUT2D eigenvalue weighted by molar-refractivity contribution is -0.116. The van der Waals surface area contributed by atoms with Crippen molar-refractivity contribution in [3.8, 4) is 11.4 Å². The summed E-state index contributed by atoms with van der Waals surface area (Å²) in [6, 6.07) is 7.77. The summed E-state index contributed by atoms with van der Waals surface area (Å²) in [7, 11) is 0. The monoisotopic (exact) mass is 540 g/mol. The van der Waals surface area contributed by atoms with Crippen molar-refractivity contribution in [1.82, 2.24) is 39.9 Å². The molecule has 15 heteroatoms. The zero-order valence-corrected chi connectivity index (χ0v) is 21.8. The number of carbonyl (C=O) groups excluding carboxylic acids is 1. The van der Waals surface area contributed by atoms with Gasteiger partial charge in [-0.3, -0.25) is 4.79 Å². The number of amides is 1. The van der Waals surface area contributed by atoms with Crippen molar-refractivity contribution in [2.45, 2.75) is 51.8 Å². The molecule has 3 aliphatic heterocycles. The van der Waals surface area contributed by atoms with Gasteiger partial charge in [-0.15, -0.1) is 15.3 Å². The fourth-order valence-electron chi connectivity index (χ4n) is 4.42. The van der Waals surface area contributed by atoms with Gasteiger partial charge in [-0.05, 0) is 31.3 Å². The van der Waals surface area contributed by atoms with Gasteiger partial charge in [0.2, 0.25) is 11.7 Å². The van der Waals surface area contributed by atoms with Crippen molar-refractivity contribution in [3.05, 3.63) is 40.4 Å². The van der Waals surface area contributed by atoms with E-state index in [1.165, 1.54) is 22.1 Å². The first-order valence-corrected chi connectivity index (χ1v) is 13.2. The molecule has 3 aromatic rings. The van der Waals surface area contributed by atoms with Gasteiger partial charge in [0, 0.05) is 18.5 Å². The van der Waals surface area contributed by atoms with Crippen molar-refractivity contribution < 1.29 is 14.3 Å². The van der Waals surface area contributed by atoms with Crippen LogP contribution in [-0.2, 0) is 27.4 Å². The van der Waals surface area contributed by atoms with Gasteiger partial charge >= 0.3 is 0 Å². The van der Waals surface area contributed by atoms with Gasteiger partial charge in [0.15, 0.2) is 22.1 Å². The summed E-state index contributed by atoms with van der Waals surface area (Å²) in [6.45, 7) is 5.40. The van der Waals surface area contributed by atoms with Crippen LogP contribution in [0.15, 0.2) is 34.5 Å². The molecule has 0 aliphatic carbocycles. The molecule has 0 radical (unpaired) electrons. The molecule has 3 fully saturated rings. The lowest BCUT2D eigenvalue weighted by Gasteiger charge is -2.27. The van der Waals surface area contributed by atoms with Crippen LogP contribution in [-0.4, -0.2) is 76.1 Å². The number of ether oxygens (including phenoxy) is 2. The number of carbonyl (C=O) groups is 1. The van der Waals surface area contributed by atoms with E-state index in [2.05, 4.69) is 30.9 Å². The van der Waals surface area contributed by atoms with E-state index in [1.54, 1.807) is 4.68 Å². The van der Waals surface area contributed by atoms with E-state index < -0.39 is 6.29 Å². The SMILES string of the molecule is CCn1c(Cn2nnc(-c3ccc(C)cc3)n2)nn([C@@H]2C/C(=N/N=C3/NC(=O)CS3)[C@H]3OC[C@@H]2O3)c1=S. The Labute approximate surface area is 220 Å². The highest BCUT2D eigenvalue weighted by Gasteiger charge is 2.44. The fourth-order valence-corrected chi connectivity index (χ4v) is 5.45. The van der Waals surface area contributed by atoms with E-state index in [1.807, 2.05) is 42.7 Å². The smallest absolute Gasteiger partial charge is 0.236 e. The number of aromatic nitrogens is 7. The highest BCUT2D eigenvalue weighted by molar-refractivity contribution is 8.15. The van der Waals surface area contributed by atoms with Crippen molar-refractivity contribution >= 4 is 40.8 Å². The van der Waals surface area contributed by atoms with Crippen LogP contribution in [0, 0.1) is 11.7 Å². The summed E-state index contributed by atoms with van der Waals surface area (Å²) >= 11 is 7.12. The number of hydrogen-bond acceptors (Lipinski definition) is 11. The molecule has 0 spiro atoms. The van der Waals surface area contributed by atoms with E-state index in [0.717, 1.165) is 5.56 Å². The van der Waals surface area contributed by atoms with Crippen molar-refractivity contribution in [3.63, 3.8) is 0 Å². The first kappa shape index (κ1) is 24.1. The van der Waals surface area contributed by atoms with Crippen molar-refractivity contribution in [1.29, 1.82) is 0 Å². The normalized spacial score (nSPS) is 25.4. The van der Waals surface area contributed by atoms with Gasteiger partial charge in [0.05, 0.1) is 24.1 Å². The number of fused-ring (bicyclic) bond motifs is 2. The molecule has 5 heterocycles. The minimum Gasteiger partial charge on any atom is -0.344 e. The number of amidine groups is 1. The van der Waals surface area contributed by atoms with Crippen LogP contribution in [0.5, 0.6) is 0 Å². The Morgan fingerprint density at radius 2 is 2.08 bits per heavy atom. The zero-order valence-electron chi connectivity index (χ0n) is 20.1. The van der Waals surface area contributed by atoms with Crippen molar-refractivity contribution in [2.24, 2.45) is 10.2 Å². The molecule has 2 bridgehead atoms. The molecule has 0 unspecified atom stereocenters. The first-order valence-electron chi connectivity index (χ1n) is 11.9. The predicted octanol–water partition coefficient (Wildman–Crippen LogP) is 1.71. The number of rotatable bonds is 6. The van der Waals surface area contributed by atoms with Gasteiger partial charge in [-0.1, -0.05) is 41.6 Å². The quantitative estimate of drug-likeness (QED) is 0.366. The summed E-state index contributed by atoms with van der Waals surface area (Å²) in [5, 5.41) is 29.5. The third-order valence-electron chi connectivity index (χ3n) is 6.32. The average molecular weight is 541 g/mol. The summed E-state index contributed by atoms with van der Waals surface area (Å²) in [5.41, 5.74) is 2.69. The topological polar surface area (TPSA) is 139 Å². The predicted molar refractivity (Wildman–Crippen MR) is 138 cm³/mol. The molecule has 3 atom stereocenters. The number of benzene rings is 1. The fraction of sp³-hybridized carbons (Fsp3) is 0.455. The van der Waals surface area contributed by atoms with E-state index in [4.69, 9.17) is 26.8 Å². The van der Waals surface area contributed by atoms with Crippen molar-refractivity contribution in [2.75, 3.05) is 12.4 Å².